The molecule has 1 saturated heterocycles. The Morgan fingerprint density at radius 3 is 2.56 bits per heavy atom. The predicted molar refractivity (Wildman–Crippen MR) is 98.9 cm³/mol. The van der Waals surface area contributed by atoms with E-state index in [9.17, 15) is 26.7 Å². The molecule has 0 saturated carbocycles. The highest BCUT2D eigenvalue weighted by molar-refractivity contribution is 7.91. The Hall–Kier alpha value is -1.73. The van der Waals surface area contributed by atoms with E-state index >= 15 is 0 Å². The van der Waals surface area contributed by atoms with Gasteiger partial charge in [-0.3, -0.25) is 4.79 Å². The molecule has 1 aliphatic rings. The van der Waals surface area contributed by atoms with Gasteiger partial charge in [-0.1, -0.05) is 0 Å². The van der Waals surface area contributed by atoms with Gasteiger partial charge in [0.2, 0.25) is 15.9 Å². The van der Waals surface area contributed by atoms with Gasteiger partial charge in [-0.2, -0.15) is 0 Å². The lowest BCUT2D eigenvalue weighted by Crippen LogP contribution is -2.42. The Bertz CT molecular complexity index is 900. The monoisotopic (exact) mass is 421 g/mol. The molecule has 27 heavy (non-hydrogen) atoms. The highest BCUT2D eigenvalue weighted by atomic mass is 32.2. The van der Waals surface area contributed by atoms with Crippen LogP contribution in [0.2, 0.25) is 0 Å². The Morgan fingerprint density at radius 2 is 2.00 bits per heavy atom. The van der Waals surface area contributed by atoms with Crippen molar-refractivity contribution in [2.45, 2.75) is 24.0 Å². The van der Waals surface area contributed by atoms with E-state index in [-0.39, 0.29) is 41.1 Å². The summed E-state index contributed by atoms with van der Waals surface area (Å²) in [6.07, 6.45) is -1.01. The molecule has 10 nitrogen and oxygen atoms in total. The molecule has 1 heterocycles. The van der Waals surface area contributed by atoms with Crippen molar-refractivity contribution in [3.05, 3.63) is 18.2 Å². The van der Waals surface area contributed by atoms with E-state index in [2.05, 4.69) is 15.4 Å². The van der Waals surface area contributed by atoms with E-state index in [0.29, 0.717) is 5.75 Å². The van der Waals surface area contributed by atoms with Crippen LogP contribution in [0.25, 0.3) is 0 Å². The summed E-state index contributed by atoms with van der Waals surface area (Å²) in [5.41, 5.74) is 0.227. The van der Waals surface area contributed by atoms with Crippen LogP contribution in [-0.4, -0.2) is 71.7 Å². The van der Waals surface area contributed by atoms with Crippen molar-refractivity contribution in [3.63, 3.8) is 0 Å². The number of aliphatic hydroxyl groups is 1. The lowest BCUT2D eigenvalue weighted by atomic mass is 10.2. The Kier molecular flexibility index (Phi) is 6.81. The molecule has 4 N–H and O–H groups in total. The minimum atomic E-state index is -3.85. The van der Waals surface area contributed by atoms with Crippen molar-refractivity contribution >= 4 is 31.5 Å². The second-order valence-corrected chi connectivity index (χ2v) is 10.1. The van der Waals surface area contributed by atoms with Gasteiger partial charge >= 0.3 is 0 Å². The molecule has 12 heteroatoms. The molecule has 1 amide bonds. The SMILES string of the molecule is COc1ccc(S(=O)(=O)NCCN[C@H]2CS(=O)(=O)C[C@@H]2O)cc1NC(C)=O. The largest absolute Gasteiger partial charge is 0.495 e. The highest BCUT2D eigenvalue weighted by Crippen LogP contribution is 2.27. The van der Waals surface area contributed by atoms with E-state index in [1.165, 1.54) is 32.2 Å². The number of sulfonamides is 1. The van der Waals surface area contributed by atoms with E-state index < -0.39 is 32.0 Å². The molecular formula is C15H23N3O7S2. The normalized spacial score (nSPS) is 21.7. The van der Waals surface area contributed by atoms with Gasteiger partial charge in [0.25, 0.3) is 0 Å². The maximum absolute atomic E-state index is 12.4. The van der Waals surface area contributed by atoms with Crippen molar-refractivity contribution in [2.24, 2.45) is 0 Å². The van der Waals surface area contributed by atoms with Crippen LogP contribution in [0.1, 0.15) is 6.92 Å². The molecular weight excluding hydrogens is 398 g/mol. The molecule has 0 bridgehead atoms. The third kappa shape index (κ3) is 5.87. The second-order valence-electron chi connectivity index (χ2n) is 6.15. The zero-order valence-electron chi connectivity index (χ0n) is 14.9. The number of rotatable bonds is 8. The molecule has 2 atom stereocenters. The van der Waals surface area contributed by atoms with Gasteiger partial charge in [0.15, 0.2) is 9.84 Å². The number of hydrogen-bond donors (Lipinski definition) is 4. The predicted octanol–water partition coefficient (Wildman–Crippen LogP) is -1.32. The first-order chi connectivity index (χ1) is 12.5. The number of ether oxygens (including phenoxy) is 1. The van der Waals surface area contributed by atoms with Crippen molar-refractivity contribution in [1.29, 1.82) is 0 Å². The maximum atomic E-state index is 12.4. The lowest BCUT2D eigenvalue weighted by Gasteiger charge is -2.15. The summed E-state index contributed by atoms with van der Waals surface area (Å²) in [4.78, 5) is 11.2. The minimum absolute atomic E-state index is 0.00684. The van der Waals surface area contributed by atoms with Crippen LogP contribution in [0, 0.1) is 0 Å². The summed E-state index contributed by atoms with van der Waals surface area (Å²) in [6, 6.07) is 3.43. The van der Waals surface area contributed by atoms with Crippen molar-refractivity contribution in [1.82, 2.24) is 10.0 Å². The molecule has 2 rings (SSSR count). The molecule has 0 aliphatic carbocycles. The van der Waals surface area contributed by atoms with Crippen LogP contribution in [0.4, 0.5) is 5.69 Å². The Balaban J connectivity index is 1.97. The molecule has 0 unspecified atom stereocenters. The topological polar surface area (TPSA) is 151 Å². The molecule has 152 valence electrons. The summed E-state index contributed by atoms with van der Waals surface area (Å²) >= 11 is 0. The molecule has 0 radical (unpaired) electrons. The third-order valence-electron chi connectivity index (χ3n) is 3.94. The first-order valence-corrected chi connectivity index (χ1v) is 11.4. The number of nitrogens with one attached hydrogen (secondary N) is 3. The van der Waals surface area contributed by atoms with Gasteiger partial charge in [0, 0.05) is 26.1 Å². The minimum Gasteiger partial charge on any atom is -0.495 e. The number of sulfone groups is 1. The molecule has 1 fully saturated rings. The zero-order valence-corrected chi connectivity index (χ0v) is 16.6. The van der Waals surface area contributed by atoms with Gasteiger partial charge in [-0.15, -0.1) is 0 Å². The van der Waals surface area contributed by atoms with Crippen LogP contribution in [0.5, 0.6) is 5.75 Å². The summed E-state index contributed by atoms with van der Waals surface area (Å²) in [7, 11) is -5.73. The first-order valence-electron chi connectivity index (χ1n) is 8.11. The lowest BCUT2D eigenvalue weighted by molar-refractivity contribution is -0.114. The van der Waals surface area contributed by atoms with E-state index in [0.717, 1.165) is 0 Å². The van der Waals surface area contributed by atoms with Crippen molar-refractivity contribution in [3.8, 4) is 5.75 Å². The molecule has 1 aromatic rings. The van der Waals surface area contributed by atoms with Crippen LogP contribution >= 0.6 is 0 Å². The van der Waals surface area contributed by atoms with Crippen LogP contribution in [0.3, 0.4) is 0 Å². The molecule has 1 aliphatic heterocycles. The van der Waals surface area contributed by atoms with Crippen LogP contribution in [0.15, 0.2) is 23.1 Å². The van der Waals surface area contributed by atoms with Gasteiger partial charge in [-0.05, 0) is 18.2 Å². The molecule has 0 spiro atoms. The van der Waals surface area contributed by atoms with Gasteiger partial charge in [0.1, 0.15) is 5.75 Å². The summed E-state index contributed by atoms with van der Waals surface area (Å²) in [6.45, 7) is 1.43. The fourth-order valence-corrected chi connectivity index (χ4v) is 5.53. The number of aliphatic hydroxyl groups excluding tert-OH is 1. The average molecular weight is 421 g/mol. The molecule has 0 aromatic heterocycles. The maximum Gasteiger partial charge on any atom is 0.240 e. The fourth-order valence-electron chi connectivity index (χ4n) is 2.69. The zero-order chi connectivity index (χ0) is 20.2. The highest BCUT2D eigenvalue weighted by Gasteiger charge is 2.35. The Labute approximate surface area is 158 Å². The second kappa shape index (κ2) is 8.52. The number of methoxy groups -OCH3 is 1. The third-order valence-corrected chi connectivity index (χ3v) is 7.11. The van der Waals surface area contributed by atoms with Crippen LogP contribution in [-0.2, 0) is 24.7 Å². The smallest absolute Gasteiger partial charge is 0.240 e. The summed E-state index contributed by atoms with van der Waals surface area (Å²) in [5, 5.41) is 15.0. The number of hydrogen-bond acceptors (Lipinski definition) is 8. The van der Waals surface area contributed by atoms with Gasteiger partial charge in [0.05, 0.1) is 35.3 Å². The van der Waals surface area contributed by atoms with E-state index in [1.807, 2.05) is 0 Å². The summed E-state index contributed by atoms with van der Waals surface area (Å²) < 4.78 is 55.1. The number of anilines is 1. The molecule has 1 aromatic carbocycles. The summed E-state index contributed by atoms with van der Waals surface area (Å²) in [5.74, 6) is -0.527. The first kappa shape index (κ1) is 21.6. The van der Waals surface area contributed by atoms with Crippen molar-refractivity contribution < 1.29 is 31.5 Å². The van der Waals surface area contributed by atoms with Gasteiger partial charge in [-0.25, -0.2) is 21.6 Å². The van der Waals surface area contributed by atoms with Crippen molar-refractivity contribution in [2.75, 3.05) is 37.0 Å². The number of amides is 1. The number of carbonyl (C=O) groups excluding carboxylic acids is 1. The average Bonchev–Trinajstić information content (AvgIpc) is 2.83. The number of benzene rings is 1. The van der Waals surface area contributed by atoms with E-state index in [1.54, 1.807) is 0 Å². The van der Waals surface area contributed by atoms with Crippen LogP contribution < -0.4 is 20.1 Å². The number of carbonyl (C=O) groups is 1. The van der Waals surface area contributed by atoms with E-state index in [4.69, 9.17) is 4.74 Å². The quantitative estimate of drug-likeness (QED) is 0.377. The fraction of sp³-hybridized carbons (Fsp3) is 0.533. The Morgan fingerprint density at radius 1 is 1.30 bits per heavy atom. The standard InChI is InChI=1S/C15H23N3O7S2/c1-10(19)18-12-7-11(3-4-15(12)25-2)27(23,24)17-6-5-16-13-8-26(21,22)9-14(13)20/h3-4,7,13-14,16-17,20H,5-6,8-9H2,1-2H3,(H,18,19)/t13-,14-/m0/s1. The van der Waals surface area contributed by atoms with Gasteiger partial charge < -0.3 is 20.5 Å².